The molecule has 2 aromatic carbocycles. The number of carbonyl (C=O) groups is 1. The molecule has 0 radical (unpaired) electrons. The van der Waals surface area contributed by atoms with Crippen LogP contribution >= 0.6 is 11.6 Å². The van der Waals surface area contributed by atoms with E-state index in [1.165, 1.54) is 24.5 Å². The first kappa shape index (κ1) is 23.7. The van der Waals surface area contributed by atoms with Crippen LogP contribution in [-0.4, -0.2) is 49.7 Å². The number of piperidine rings is 1. The second-order valence-electron chi connectivity index (χ2n) is 8.59. The van der Waals surface area contributed by atoms with E-state index in [1.54, 1.807) is 21.8 Å². The van der Waals surface area contributed by atoms with Crippen LogP contribution < -0.4 is 10.1 Å². The SMILES string of the molecule is C=CC(=O)N1CCC(Oc2cc3c(Nc4ccc(F)c(Cl)c4)ncnc3cc2-c2cnn(C)c2)CC1. The van der Waals surface area contributed by atoms with Gasteiger partial charge in [-0.15, -0.1) is 0 Å². The van der Waals surface area contributed by atoms with Crippen molar-refractivity contribution in [2.45, 2.75) is 18.9 Å². The van der Waals surface area contributed by atoms with Gasteiger partial charge in [-0.05, 0) is 36.4 Å². The van der Waals surface area contributed by atoms with Crippen LogP contribution in [0.25, 0.3) is 22.0 Å². The summed E-state index contributed by atoms with van der Waals surface area (Å²) in [6.07, 6.45) is 7.84. The van der Waals surface area contributed by atoms with Gasteiger partial charge >= 0.3 is 0 Å². The smallest absolute Gasteiger partial charge is 0.245 e. The Kier molecular flexibility index (Phi) is 6.56. The molecule has 36 heavy (non-hydrogen) atoms. The van der Waals surface area contributed by atoms with Crippen LogP contribution in [0.4, 0.5) is 15.9 Å². The Labute approximate surface area is 212 Å². The van der Waals surface area contributed by atoms with Crippen LogP contribution in [0.3, 0.4) is 0 Å². The first-order chi connectivity index (χ1) is 17.4. The van der Waals surface area contributed by atoms with E-state index in [4.69, 9.17) is 16.3 Å². The van der Waals surface area contributed by atoms with Gasteiger partial charge in [-0.1, -0.05) is 18.2 Å². The van der Waals surface area contributed by atoms with Gasteiger partial charge in [0.15, 0.2) is 0 Å². The third kappa shape index (κ3) is 4.87. The highest BCUT2D eigenvalue weighted by molar-refractivity contribution is 6.31. The Morgan fingerprint density at radius 1 is 1.25 bits per heavy atom. The van der Waals surface area contributed by atoms with Gasteiger partial charge < -0.3 is 15.0 Å². The number of hydrogen-bond donors (Lipinski definition) is 1. The molecule has 1 fully saturated rings. The summed E-state index contributed by atoms with van der Waals surface area (Å²) in [7, 11) is 1.86. The first-order valence-electron chi connectivity index (χ1n) is 11.5. The van der Waals surface area contributed by atoms with Crippen LogP contribution in [0.5, 0.6) is 5.75 Å². The zero-order valence-corrected chi connectivity index (χ0v) is 20.4. The zero-order valence-electron chi connectivity index (χ0n) is 19.6. The summed E-state index contributed by atoms with van der Waals surface area (Å²) in [5.74, 6) is 0.645. The minimum atomic E-state index is -0.493. The minimum absolute atomic E-state index is 0.0162. The van der Waals surface area contributed by atoms with Gasteiger partial charge in [-0.2, -0.15) is 5.10 Å². The van der Waals surface area contributed by atoms with Gasteiger partial charge in [0.2, 0.25) is 5.91 Å². The highest BCUT2D eigenvalue weighted by Crippen LogP contribution is 2.37. The molecule has 2 aromatic heterocycles. The molecule has 1 saturated heterocycles. The molecular formula is C26H24ClFN6O2. The lowest BCUT2D eigenvalue weighted by Crippen LogP contribution is -2.41. The molecule has 1 N–H and O–H groups in total. The Morgan fingerprint density at radius 2 is 2.06 bits per heavy atom. The number of likely N-dealkylation sites (tertiary alicyclic amines) is 1. The summed E-state index contributed by atoms with van der Waals surface area (Å²) in [6.45, 7) is 4.78. The van der Waals surface area contributed by atoms with Gasteiger partial charge in [0.05, 0.1) is 16.7 Å². The number of aryl methyl sites for hydroxylation is 1. The Bertz CT molecular complexity index is 1450. The molecule has 184 valence electrons. The minimum Gasteiger partial charge on any atom is -0.490 e. The molecule has 0 bridgehead atoms. The van der Waals surface area contributed by atoms with Crippen molar-refractivity contribution in [2.75, 3.05) is 18.4 Å². The Balaban J connectivity index is 1.51. The normalized spacial score (nSPS) is 14.1. The van der Waals surface area contributed by atoms with Crippen molar-refractivity contribution in [3.05, 3.63) is 72.5 Å². The topological polar surface area (TPSA) is 85.2 Å². The van der Waals surface area contributed by atoms with E-state index >= 15 is 0 Å². The van der Waals surface area contributed by atoms with Gasteiger partial charge in [-0.3, -0.25) is 9.48 Å². The number of benzene rings is 2. The average Bonchev–Trinajstić information content (AvgIpc) is 3.32. The number of aromatic nitrogens is 4. The molecular weight excluding hydrogens is 483 g/mol. The number of halogens is 2. The van der Waals surface area contributed by atoms with Crippen LogP contribution in [0.2, 0.25) is 5.02 Å². The fourth-order valence-electron chi connectivity index (χ4n) is 4.28. The molecule has 0 spiro atoms. The molecule has 3 heterocycles. The van der Waals surface area contributed by atoms with Gasteiger partial charge in [0.1, 0.15) is 29.8 Å². The fourth-order valence-corrected chi connectivity index (χ4v) is 4.46. The molecule has 4 aromatic rings. The number of ether oxygens (including phenoxy) is 1. The molecule has 5 rings (SSSR count). The Hall–Kier alpha value is -3.98. The molecule has 0 saturated carbocycles. The number of nitrogens with one attached hydrogen (secondary N) is 1. The predicted octanol–water partition coefficient (Wildman–Crippen LogP) is 5.12. The van der Waals surface area contributed by atoms with Crippen LogP contribution in [0.15, 0.2) is 61.7 Å². The highest BCUT2D eigenvalue weighted by Gasteiger charge is 2.24. The van der Waals surface area contributed by atoms with Crippen LogP contribution in [-0.2, 0) is 11.8 Å². The number of nitrogens with zero attached hydrogens (tertiary/aromatic N) is 5. The van der Waals surface area contributed by atoms with Crippen molar-refractivity contribution < 1.29 is 13.9 Å². The molecule has 1 aliphatic rings. The largest absolute Gasteiger partial charge is 0.490 e. The molecule has 10 heteroatoms. The maximum Gasteiger partial charge on any atom is 0.245 e. The molecule has 0 aliphatic carbocycles. The number of fused-ring (bicyclic) bond motifs is 1. The zero-order chi connectivity index (χ0) is 25.2. The van der Waals surface area contributed by atoms with E-state index in [1.807, 2.05) is 25.4 Å². The van der Waals surface area contributed by atoms with E-state index in [0.29, 0.717) is 48.7 Å². The third-order valence-corrected chi connectivity index (χ3v) is 6.45. The monoisotopic (exact) mass is 506 g/mol. The number of rotatable bonds is 6. The number of amides is 1. The summed E-state index contributed by atoms with van der Waals surface area (Å²) >= 11 is 5.96. The number of hydrogen-bond acceptors (Lipinski definition) is 6. The predicted molar refractivity (Wildman–Crippen MR) is 137 cm³/mol. The van der Waals surface area contributed by atoms with Crippen LogP contribution in [0, 0.1) is 5.82 Å². The van der Waals surface area contributed by atoms with E-state index in [0.717, 1.165) is 16.5 Å². The van der Waals surface area contributed by atoms with E-state index in [9.17, 15) is 9.18 Å². The van der Waals surface area contributed by atoms with Crippen LogP contribution in [0.1, 0.15) is 12.8 Å². The standard InChI is InChI=1S/C26H24ClFN6O2/c1-3-25(35)34-8-6-18(7-9-34)36-24-12-20-23(11-19(24)16-13-31-33(2)14-16)29-15-30-26(20)32-17-4-5-22(28)21(27)10-17/h3-5,10-15,18H,1,6-9H2,2H3,(H,29,30,32). The summed E-state index contributed by atoms with van der Waals surface area (Å²) in [4.78, 5) is 22.6. The van der Waals surface area contributed by atoms with Crippen molar-refractivity contribution in [1.82, 2.24) is 24.6 Å². The molecule has 0 atom stereocenters. The van der Waals surface area contributed by atoms with Crippen molar-refractivity contribution in [1.29, 1.82) is 0 Å². The second-order valence-corrected chi connectivity index (χ2v) is 9.00. The maximum absolute atomic E-state index is 13.6. The third-order valence-electron chi connectivity index (χ3n) is 6.16. The summed E-state index contributed by atoms with van der Waals surface area (Å²) in [6, 6.07) is 8.25. The van der Waals surface area contributed by atoms with E-state index in [2.05, 4.69) is 27.0 Å². The highest BCUT2D eigenvalue weighted by atomic mass is 35.5. The fraction of sp³-hybridized carbons (Fsp3) is 0.231. The maximum atomic E-state index is 13.6. The van der Waals surface area contributed by atoms with E-state index < -0.39 is 5.82 Å². The Morgan fingerprint density at radius 3 is 2.75 bits per heavy atom. The lowest BCUT2D eigenvalue weighted by atomic mass is 10.0. The van der Waals surface area contributed by atoms with Crippen molar-refractivity contribution in [3.63, 3.8) is 0 Å². The second kappa shape index (κ2) is 9.94. The molecule has 0 unspecified atom stereocenters. The summed E-state index contributed by atoms with van der Waals surface area (Å²) < 4.78 is 21.9. The summed E-state index contributed by atoms with van der Waals surface area (Å²) in [5.41, 5.74) is 3.06. The quantitative estimate of drug-likeness (QED) is 0.365. The van der Waals surface area contributed by atoms with E-state index in [-0.39, 0.29) is 17.0 Å². The summed E-state index contributed by atoms with van der Waals surface area (Å²) in [5, 5.41) is 8.27. The first-order valence-corrected chi connectivity index (χ1v) is 11.9. The molecule has 1 amide bonds. The van der Waals surface area contributed by atoms with Gasteiger partial charge in [0, 0.05) is 61.4 Å². The lowest BCUT2D eigenvalue weighted by molar-refractivity contribution is -0.127. The number of carbonyl (C=O) groups excluding carboxylic acids is 1. The van der Waals surface area contributed by atoms with Crippen molar-refractivity contribution in [2.24, 2.45) is 7.05 Å². The van der Waals surface area contributed by atoms with Gasteiger partial charge in [-0.25, -0.2) is 14.4 Å². The lowest BCUT2D eigenvalue weighted by Gasteiger charge is -2.32. The average molecular weight is 507 g/mol. The molecule has 1 aliphatic heterocycles. The van der Waals surface area contributed by atoms with Crippen molar-refractivity contribution >= 4 is 39.9 Å². The number of anilines is 2. The van der Waals surface area contributed by atoms with Crippen molar-refractivity contribution in [3.8, 4) is 16.9 Å². The molecule has 8 nitrogen and oxygen atoms in total. The van der Waals surface area contributed by atoms with Gasteiger partial charge in [0.25, 0.3) is 0 Å².